The molecule has 1 atom stereocenters. The van der Waals surface area contributed by atoms with Gasteiger partial charge in [0.25, 0.3) is 5.91 Å². The van der Waals surface area contributed by atoms with Crippen LogP contribution < -0.4 is 5.73 Å². The van der Waals surface area contributed by atoms with Gasteiger partial charge in [0.1, 0.15) is 0 Å². The molecule has 0 aliphatic carbocycles. The molecule has 3 aromatic rings. The summed E-state index contributed by atoms with van der Waals surface area (Å²) < 4.78 is 1.09. The van der Waals surface area contributed by atoms with Crippen molar-refractivity contribution in [1.82, 2.24) is 9.88 Å². The minimum absolute atomic E-state index is 0.0807. The van der Waals surface area contributed by atoms with Crippen LogP contribution in [-0.2, 0) is 0 Å². The number of rotatable bonds is 3. The Labute approximate surface area is 163 Å². The minimum Gasteiger partial charge on any atom is -0.375 e. The first-order chi connectivity index (χ1) is 12.9. The summed E-state index contributed by atoms with van der Waals surface area (Å²) in [6.07, 6.45) is 4.22. The highest BCUT2D eigenvalue weighted by atomic mass is 32.1. The molecule has 1 amide bonds. The molecule has 2 aromatic carbocycles. The maximum absolute atomic E-state index is 13.1. The van der Waals surface area contributed by atoms with Crippen molar-refractivity contribution in [3.8, 4) is 11.1 Å². The SMILES string of the molecule is Cc1cc2sc(N)nc2cc1-c1cccc(C(=O)N2CC=C[C@@H]2C(C)C)c1. The van der Waals surface area contributed by atoms with Crippen molar-refractivity contribution < 1.29 is 4.79 Å². The predicted octanol–water partition coefficient (Wildman–Crippen LogP) is 4.89. The Morgan fingerprint density at radius 1 is 1.30 bits per heavy atom. The largest absolute Gasteiger partial charge is 0.375 e. The van der Waals surface area contributed by atoms with Crippen molar-refractivity contribution >= 4 is 32.6 Å². The highest BCUT2D eigenvalue weighted by Gasteiger charge is 2.27. The quantitative estimate of drug-likeness (QED) is 0.661. The van der Waals surface area contributed by atoms with E-state index in [0.29, 0.717) is 17.6 Å². The predicted molar refractivity (Wildman–Crippen MR) is 113 cm³/mol. The fourth-order valence-corrected chi connectivity index (χ4v) is 4.54. The van der Waals surface area contributed by atoms with E-state index in [2.05, 4.69) is 50.0 Å². The number of hydrogen-bond acceptors (Lipinski definition) is 4. The van der Waals surface area contributed by atoms with Crippen molar-refractivity contribution in [1.29, 1.82) is 0 Å². The molecule has 27 heavy (non-hydrogen) atoms. The van der Waals surface area contributed by atoms with Gasteiger partial charge in [-0.15, -0.1) is 0 Å². The number of anilines is 1. The van der Waals surface area contributed by atoms with Gasteiger partial charge in [0.05, 0.1) is 16.3 Å². The van der Waals surface area contributed by atoms with Gasteiger partial charge in [0.2, 0.25) is 0 Å². The van der Waals surface area contributed by atoms with Crippen LogP contribution in [0.2, 0.25) is 0 Å². The Kier molecular flexibility index (Phi) is 4.48. The molecule has 4 nitrogen and oxygen atoms in total. The first-order valence-corrected chi connectivity index (χ1v) is 10.0. The fraction of sp³-hybridized carbons (Fsp3) is 0.273. The lowest BCUT2D eigenvalue weighted by atomic mass is 9.97. The summed E-state index contributed by atoms with van der Waals surface area (Å²) in [5, 5.41) is 0.576. The molecule has 0 radical (unpaired) electrons. The molecule has 2 heterocycles. The molecule has 138 valence electrons. The second-order valence-electron chi connectivity index (χ2n) is 7.39. The van der Waals surface area contributed by atoms with Gasteiger partial charge in [-0.05, 0) is 53.8 Å². The van der Waals surface area contributed by atoms with Crippen molar-refractivity contribution in [3.63, 3.8) is 0 Å². The average Bonchev–Trinajstić information content (AvgIpc) is 3.26. The van der Waals surface area contributed by atoms with Crippen LogP contribution in [0.15, 0.2) is 48.6 Å². The molecular formula is C22H23N3OS. The van der Waals surface area contributed by atoms with Crippen LogP contribution in [0.1, 0.15) is 29.8 Å². The third-order valence-electron chi connectivity index (χ3n) is 5.11. The van der Waals surface area contributed by atoms with Gasteiger partial charge in [-0.25, -0.2) is 4.98 Å². The van der Waals surface area contributed by atoms with E-state index in [4.69, 9.17) is 5.73 Å². The molecule has 0 saturated heterocycles. The lowest BCUT2D eigenvalue weighted by molar-refractivity contribution is 0.0720. The van der Waals surface area contributed by atoms with E-state index >= 15 is 0 Å². The van der Waals surface area contributed by atoms with Crippen molar-refractivity contribution in [3.05, 3.63) is 59.7 Å². The summed E-state index contributed by atoms with van der Waals surface area (Å²) in [7, 11) is 0. The second-order valence-corrected chi connectivity index (χ2v) is 8.45. The standard InChI is InChI=1S/C22H23N3OS/c1-13(2)19-8-5-9-25(19)21(26)16-7-4-6-15(11-16)17-12-18-20(10-14(17)3)27-22(23)24-18/h4-8,10-13,19H,9H2,1-3H3,(H2,23,24)/t19-/m1/s1. The summed E-state index contributed by atoms with van der Waals surface area (Å²) in [5.41, 5.74) is 10.7. The summed E-state index contributed by atoms with van der Waals surface area (Å²) >= 11 is 1.50. The molecule has 0 saturated carbocycles. The smallest absolute Gasteiger partial charge is 0.254 e. The van der Waals surface area contributed by atoms with Gasteiger partial charge in [-0.1, -0.05) is 49.5 Å². The number of aromatic nitrogens is 1. The number of hydrogen-bond donors (Lipinski definition) is 1. The van der Waals surface area contributed by atoms with E-state index in [-0.39, 0.29) is 11.9 Å². The van der Waals surface area contributed by atoms with E-state index in [1.165, 1.54) is 11.3 Å². The topological polar surface area (TPSA) is 59.2 Å². The third-order valence-corrected chi connectivity index (χ3v) is 5.96. The Morgan fingerprint density at radius 2 is 2.11 bits per heavy atom. The fourth-order valence-electron chi connectivity index (χ4n) is 3.73. The zero-order chi connectivity index (χ0) is 19.1. The number of carbonyl (C=O) groups is 1. The number of nitrogens with two attached hydrogens (primary N) is 1. The van der Waals surface area contributed by atoms with Crippen LogP contribution in [-0.4, -0.2) is 28.4 Å². The molecule has 0 bridgehead atoms. The van der Waals surface area contributed by atoms with E-state index < -0.39 is 0 Å². The Hall–Kier alpha value is -2.66. The number of nitrogen functional groups attached to an aromatic ring is 1. The Bertz CT molecular complexity index is 1050. The normalized spacial score (nSPS) is 16.6. The molecule has 0 unspecified atom stereocenters. The van der Waals surface area contributed by atoms with Gasteiger partial charge in [-0.2, -0.15) is 0 Å². The van der Waals surface area contributed by atoms with Crippen molar-refractivity contribution in [2.45, 2.75) is 26.8 Å². The average molecular weight is 378 g/mol. The van der Waals surface area contributed by atoms with Gasteiger partial charge in [0.15, 0.2) is 5.13 Å². The summed E-state index contributed by atoms with van der Waals surface area (Å²) in [6, 6.07) is 12.2. The summed E-state index contributed by atoms with van der Waals surface area (Å²) in [5.74, 6) is 0.479. The van der Waals surface area contributed by atoms with E-state index in [0.717, 1.165) is 32.5 Å². The summed E-state index contributed by atoms with van der Waals surface area (Å²) in [4.78, 5) is 19.5. The van der Waals surface area contributed by atoms with Crippen LogP contribution in [0.4, 0.5) is 5.13 Å². The van der Waals surface area contributed by atoms with E-state index in [9.17, 15) is 4.79 Å². The van der Waals surface area contributed by atoms with Crippen LogP contribution in [0.5, 0.6) is 0 Å². The number of aryl methyl sites for hydroxylation is 1. The zero-order valence-corrected chi connectivity index (χ0v) is 16.6. The number of nitrogens with zero attached hydrogens (tertiary/aromatic N) is 2. The molecule has 4 rings (SSSR count). The van der Waals surface area contributed by atoms with Crippen LogP contribution in [0.25, 0.3) is 21.3 Å². The van der Waals surface area contributed by atoms with Crippen molar-refractivity contribution in [2.75, 3.05) is 12.3 Å². The lowest BCUT2D eigenvalue weighted by Crippen LogP contribution is -2.39. The lowest BCUT2D eigenvalue weighted by Gasteiger charge is -2.27. The number of fused-ring (bicyclic) bond motifs is 1. The molecular weight excluding hydrogens is 354 g/mol. The third kappa shape index (κ3) is 3.23. The molecule has 2 N–H and O–H groups in total. The maximum Gasteiger partial charge on any atom is 0.254 e. The molecule has 5 heteroatoms. The number of amides is 1. The number of thiazole rings is 1. The number of carbonyl (C=O) groups excluding carboxylic acids is 1. The van der Waals surface area contributed by atoms with Gasteiger partial charge >= 0.3 is 0 Å². The van der Waals surface area contributed by atoms with Crippen LogP contribution in [0, 0.1) is 12.8 Å². The highest BCUT2D eigenvalue weighted by Crippen LogP contribution is 2.32. The molecule has 1 aliphatic heterocycles. The molecule has 1 aromatic heterocycles. The van der Waals surface area contributed by atoms with Crippen LogP contribution >= 0.6 is 11.3 Å². The number of benzene rings is 2. The Balaban J connectivity index is 1.71. The first kappa shape index (κ1) is 17.7. The van der Waals surface area contributed by atoms with E-state index in [1.807, 2.05) is 29.2 Å². The Morgan fingerprint density at radius 3 is 2.89 bits per heavy atom. The molecule has 0 fully saturated rings. The summed E-state index contributed by atoms with van der Waals surface area (Å²) in [6.45, 7) is 7.05. The van der Waals surface area contributed by atoms with Gasteiger partial charge in [0, 0.05) is 12.1 Å². The molecule has 0 spiro atoms. The highest BCUT2D eigenvalue weighted by molar-refractivity contribution is 7.22. The maximum atomic E-state index is 13.1. The van der Waals surface area contributed by atoms with E-state index in [1.54, 1.807) is 0 Å². The van der Waals surface area contributed by atoms with Gasteiger partial charge < -0.3 is 10.6 Å². The zero-order valence-electron chi connectivity index (χ0n) is 15.8. The second kappa shape index (κ2) is 6.82. The monoisotopic (exact) mass is 377 g/mol. The van der Waals surface area contributed by atoms with Crippen LogP contribution in [0.3, 0.4) is 0 Å². The minimum atomic E-state index is 0.0807. The van der Waals surface area contributed by atoms with Gasteiger partial charge in [-0.3, -0.25) is 4.79 Å². The molecule has 1 aliphatic rings. The van der Waals surface area contributed by atoms with Crippen molar-refractivity contribution in [2.24, 2.45) is 5.92 Å². The first-order valence-electron chi connectivity index (χ1n) is 9.19.